The van der Waals surface area contributed by atoms with E-state index in [4.69, 9.17) is 0 Å². The minimum atomic E-state index is 0.723. The first-order valence-electron chi connectivity index (χ1n) is 3.67. The summed E-state index contributed by atoms with van der Waals surface area (Å²) in [6.45, 7) is 4.51. The zero-order valence-corrected chi connectivity index (χ0v) is 7.66. The van der Waals surface area contributed by atoms with Gasteiger partial charge in [0.1, 0.15) is 0 Å². The van der Waals surface area contributed by atoms with Gasteiger partial charge in [0, 0.05) is 0 Å². The van der Waals surface area contributed by atoms with E-state index in [0.29, 0.717) is 0 Å². The van der Waals surface area contributed by atoms with Gasteiger partial charge in [-0.3, -0.25) is 0 Å². The lowest BCUT2D eigenvalue weighted by Gasteiger charge is -2.05. The molecule has 0 aromatic rings. The first-order valence-corrected chi connectivity index (χ1v) is 4.90. The predicted octanol–water partition coefficient (Wildman–Crippen LogP) is 3.22. The molecule has 0 nitrogen and oxygen atoms in total. The van der Waals surface area contributed by atoms with Crippen LogP contribution in [0.2, 0.25) is 0 Å². The van der Waals surface area contributed by atoms with E-state index in [1.807, 2.05) is 11.8 Å². The van der Waals surface area contributed by atoms with Crippen molar-refractivity contribution in [2.45, 2.75) is 20.3 Å². The van der Waals surface area contributed by atoms with Crippen molar-refractivity contribution in [1.29, 1.82) is 0 Å². The topological polar surface area (TPSA) is 0 Å². The highest BCUT2D eigenvalue weighted by atomic mass is 32.2. The average molecular weight is 154 g/mol. The van der Waals surface area contributed by atoms with Gasteiger partial charge in [0.2, 0.25) is 0 Å². The highest BCUT2D eigenvalue weighted by molar-refractivity contribution is 8.02. The summed E-state index contributed by atoms with van der Waals surface area (Å²) >= 11 is 1.86. The van der Waals surface area contributed by atoms with Crippen LogP contribution < -0.4 is 0 Å². The standard InChI is InChI=1S/C9H14S/c1-7(2)8-4-5-9(6-8)10-3/h4-5,7H,6H2,1-3H3. The molecule has 0 N–H and O–H groups in total. The Labute approximate surface area is 67.4 Å². The normalized spacial score (nSPS) is 17.6. The monoisotopic (exact) mass is 154 g/mol. The van der Waals surface area contributed by atoms with Gasteiger partial charge in [-0.15, -0.1) is 11.8 Å². The largest absolute Gasteiger partial charge is 0.134 e. The van der Waals surface area contributed by atoms with Crippen LogP contribution in [0.25, 0.3) is 0 Å². The van der Waals surface area contributed by atoms with E-state index >= 15 is 0 Å². The molecule has 0 bridgehead atoms. The molecule has 0 radical (unpaired) electrons. The molecule has 1 heteroatoms. The summed E-state index contributed by atoms with van der Waals surface area (Å²) in [4.78, 5) is 1.50. The smallest absolute Gasteiger partial charge is 0.000137 e. The molecule has 56 valence electrons. The zero-order chi connectivity index (χ0) is 7.56. The molecule has 0 aromatic heterocycles. The zero-order valence-electron chi connectivity index (χ0n) is 6.85. The molecular formula is C9H14S. The van der Waals surface area contributed by atoms with Crippen molar-refractivity contribution in [1.82, 2.24) is 0 Å². The molecule has 0 saturated heterocycles. The maximum absolute atomic E-state index is 2.26. The molecule has 0 spiro atoms. The third-order valence-corrected chi connectivity index (χ3v) is 2.67. The molecule has 1 aliphatic rings. The molecule has 0 fully saturated rings. The van der Waals surface area contributed by atoms with E-state index in [9.17, 15) is 0 Å². The van der Waals surface area contributed by atoms with Gasteiger partial charge >= 0.3 is 0 Å². The lowest BCUT2D eigenvalue weighted by Crippen LogP contribution is -1.90. The molecule has 0 amide bonds. The summed E-state index contributed by atoms with van der Waals surface area (Å²) in [7, 11) is 0. The van der Waals surface area contributed by atoms with E-state index in [2.05, 4.69) is 32.3 Å². The quantitative estimate of drug-likeness (QED) is 0.588. The summed E-state index contributed by atoms with van der Waals surface area (Å²) in [5, 5.41) is 0. The molecule has 0 atom stereocenters. The average Bonchev–Trinajstić information content (AvgIpc) is 2.34. The van der Waals surface area contributed by atoms with E-state index in [1.54, 1.807) is 5.57 Å². The lowest BCUT2D eigenvalue weighted by atomic mass is 10.0. The van der Waals surface area contributed by atoms with Gasteiger partial charge in [-0.05, 0) is 23.5 Å². The van der Waals surface area contributed by atoms with Crippen LogP contribution in [0.3, 0.4) is 0 Å². The van der Waals surface area contributed by atoms with Crippen LogP contribution in [0.5, 0.6) is 0 Å². The number of hydrogen-bond donors (Lipinski definition) is 0. The first-order chi connectivity index (χ1) is 4.74. The van der Waals surface area contributed by atoms with Crippen molar-refractivity contribution < 1.29 is 0 Å². The van der Waals surface area contributed by atoms with Gasteiger partial charge in [0.15, 0.2) is 0 Å². The molecule has 1 rings (SSSR count). The second kappa shape index (κ2) is 3.29. The number of allylic oxidation sites excluding steroid dienone is 4. The number of hydrogen-bond acceptors (Lipinski definition) is 1. The van der Waals surface area contributed by atoms with Gasteiger partial charge < -0.3 is 0 Å². The van der Waals surface area contributed by atoms with Gasteiger partial charge in [0.05, 0.1) is 0 Å². The summed E-state index contributed by atoms with van der Waals surface area (Å²) in [5.41, 5.74) is 1.57. The molecule has 1 aliphatic carbocycles. The van der Waals surface area contributed by atoms with Crippen molar-refractivity contribution in [3.8, 4) is 0 Å². The van der Waals surface area contributed by atoms with Crippen molar-refractivity contribution in [3.63, 3.8) is 0 Å². The third kappa shape index (κ3) is 1.66. The minimum Gasteiger partial charge on any atom is -0.134 e. The second-order valence-electron chi connectivity index (χ2n) is 2.91. The van der Waals surface area contributed by atoms with Gasteiger partial charge in [-0.25, -0.2) is 0 Å². The van der Waals surface area contributed by atoms with E-state index in [-0.39, 0.29) is 0 Å². The van der Waals surface area contributed by atoms with Crippen LogP contribution in [-0.4, -0.2) is 6.26 Å². The minimum absolute atomic E-state index is 0.723. The van der Waals surface area contributed by atoms with Crippen LogP contribution in [0.15, 0.2) is 22.6 Å². The Bertz CT molecular complexity index is 175. The van der Waals surface area contributed by atoms with E-state index in [1.165, 1.54) is 11.3 Å². The fourth-order valence-corrected chi connectivity index (χ4v) is 1.57. The third-order valence-electron chi connectivity index (χ3n) is 1.87. The summed E-state index contributed by atoms with van der Waals surface area (Å²) in [5.74, 6) is 0.723. The van der Waals surface area contributed by atoms with Crippen molar-refractivity contribution in [2.24, 2.45) is 5.92 Å². The lowest BCUT2D eigenvalue weighted by molar-refractivity contribution is 0.752. The Hall–Kier alpha value is -0.170. The van der Waals surface area contributed by atoms with Crippen LogP contribution in [0, 0.1) is 5.92 Å². The Morgan fingerprint density at radius 3 is 2.40 bits per heavy atom. The second-order valence-corrected chi connectivity index (χ2v) is 3.84. The van der Waals surface area contributed by atoms with Gasteiger partial charge in [-0.1, -0.05) is 31.6 Å². The molecule has 0 unspecified atom stereocenters. The number of rotatable bonds is 2. The van der Waals surface area contributed by atoms with E-state index < -0.39 is 0 Å². The Balaban J connectivity index is 2.48. The van der Waals surface area contributed by atoms with Crippen molar-refractivity contribution in [2.75, 3.05) is 6.26 Å². The van der Waals surface area contributed by atoms with Crippen LogP contribution in [-0.2, 0) is 0 Å². The van der Waals surface area contributed by atoms with E-state index in [0.717, 1.165) is 5.92 Å². The van der Waals surface area contributed by atoms with Gasteiger partial charge in [0.25, 0.3) is 0 Å². The SMILES string of the molecule is CSC1=CC=C(C(C)C)C1. The van der Waals surface area contributed by atoms with Crippen LogP contribution in [0.1, 0.15) is 20.3 Å². The maximum atomic E-state index is 2.26. The molecule has 0 saturated carbocycles. The molecular weight excluding hydrogens is 140 g/mol. The highest BCUT2D eigenvalue weighted by Gasteiger charge is 2.09. The summed E-state index contributed by atoms with van der Waals surface area (Å²) in [6, 6.07) is 0. The fourth-order valence-electron chi connectivity index (χ4n) is 1.06. The summed E-state index contributed by atoms with van der Waals surface area (Å²) in [6.07, 6.45) is 7.83. The Morgan fingerprint density at radius 1 is 1.40 bits per heavy atom. The molecule has 10 heavy (non-hydrogen) atoms. The maximum Gasteiger partial charge on any atom is -0.000137 e. The Kier molecular flexibility index (Phi) is 2.61. The first kappa shape index (κ1) is 7.93. The number of thioether (sulfide) groups is 1. The van der Waals surface area contributed by atoms with Crippen molar-refractivity contribution in [3.05, 3.63) is 22.6 Å². The van der Waals surface area contributed by atoms with Gasteiger partial charge in [-0.2, -0.15) is 0 Å². The fraction of sp³-hybridized carbons (Fsp3) is 0.556. The van der Waals surface area contributed by atoms with Crippen LogP contribution in [0.4, 0.5) is 0 Å². The summed E-state index contributed by atoms with van der Waals surface area (Å²) < 4.78 is 0. The predicted molar refractivity (Wildman–Crippen MR) is 49.1 cm³/mol. The highest BCUT2D eigenvalue weighted by Crippen LogP contribution is 2.30. The molecule has 0 aliphatic heterocycles. The van der Waals surface area contributed by atoms with Crippen molar-refractivity contribution >= 4 is 11.8 Å². The molecule has 0 aromatic carbocycles. The Morgan fingerprint density at radius 2 is 2.10 bits per heavy atom. The van der Waals surface area contributed by atoms with Crippen LogP contribution >= 0.6 is 11.8 Å². The molecule has 0 heterocycles.